The molecule has 0 saturated carbocycles. The monoisotopic (exact) mass is 396 g/mol. The van der Waals surface area contributed by atoms with E-state index in [1.54, 1.807) is 24.3 Å². The van der Waals surface area contributed by atoms with Crippen molar-refractivity contribution >= 4 is 38.9 Å². The van der Waals surface area contributed by atoms with Gasteiger partial charge in [-0.3, -0.25) is 9.10 Å². The molecule has 1 amide bonds. The Kier molecular flexibility index (Phi) is 6.15. The molecule has 0 aliphatic rings. The first-order valence-corrected chi connectivity index (χ1v) is 10.1. The number of anilines is 2. The number of sulfonamides is 1. The molecule has 2 rings (SSSR count). The summed E-state index contributed by atoms with van der Waals surface area (Å²) in [5.74, 6) is -0.170. The van der Waals surface area contributed by atoms with Gasteiger partial charge in [-0.25, -0.2) is 8.42 Å². The second-order valence-corrected chi connectivity index (χ2v) is 8.20. The largest absolute Gasteiger partial charge is 0.495 e. The molecule has 0 spiro atoms. The molecule has 1 atom stereocenters. The van der Waals surface area contributed by atoms with Crippen molar-refractivity contribution in [3.63, 3.8) is 0 Å². The first-order chi connectivity index (χ1) is 12.1. The van der Waals surface area contributed by atoms with Crippen LogP contribution in [0.25, 0.3) is 0 Å². The van der Waals surface area contributed by atoms with Crippen LogP contribution < -0.4 is 14.4 Å². The lowest BCUT2D eigenvalue weighted by Crippen LogP contribution is -2.45. The van der Waals surface area contributed by atoms with Crippen molar-refractivity contribution in [3.8, 4) is 5.75 Å². The second-order valence-electron chi connectivity index (χ2n) is 5.91. The number of methoxy groups -OCH3 is 1. The molecule has 140 valence electrons. The van der Waals surface area contributed by atoms with Crippen LogP contribution in [0.15, 0.2) is 42.5 Å². The molecule has 26 heavy (non-hydrogen) atoms. The third-order valence-corrected chi connectivity index (χ3v) is 5.25. The van der Waals surface area contributed by atoms with Gasteiger partial charge in [-0.2, -0.15) is 0 Å². The van der Waals surface area contributed by atoms with Crippen LogP contribution in [-0.2, 0) is 14.8 Å². The molecule has 6 nitrogen and oxygen atoms in total. The van der Waals surface area contributed by atoms with E-state index in [1.165, 1.54) is 20.1 Å². The van der Waals surface area contributed by atoms with E-state index in [9.17, 15) is 13.2 Å². The fraction of sp³-hybridized carbons (Fsp3) is 0.278. The van der Waals surface area contributed by atoms with E-state index in [-0.39, 0.29) is 5.69 Å². The average molecular weight is 397 g/mol. The predicted molar refractivity (Wildman–Crippen MR) is 105 cm³/mol. The molecule has 1 unspecified atom stereocenters. The maximum atomic E-state index is 12.7. The Morgan fingerprint density at radius 3 is 2.35 bits per heavy atom. The number of aryl methyl sites for hydroxylation is 1. The maximum absolute atomic E-state index is 12.7. The van der Waals surface area contributed by atoms with E-state index < -0.39 is 22.0 Å². The Morgan fingerprint density at radius 2 is 1.81 bits per heavy atom. The molecular weight excluding hydrogens is 376 g/mol. The van der Waals surface area contributed by atoms with E-state index in [4.69, 9.17) is 16.3 Å². The van der Waals surface area contributed by atoms with Crippen LogP contribution in [0.3, 0.4) is 0 Å². The fourth-order valence-electron chi connectivity index (χ4n) is 2.50. The summed E-state index contributed by atoms with van der Waals surface area (Å²) in [7, 11) is -2.36. The summed E-state index contributed by atoms with van der Waals surface area (Å²) in [5.41, 5.74) is 1.84. The zero-order valence-electron chi connectivity index (χ0n) is 15.0. The Hall–Kier alpha value is -2.25. The van der Waals surface area contributed by atoms with Gasteiger partial charge in [0.05, 0.1) is 19.1 Å². The minimum atomic E-state index is -3.78. The summed E-state index contributed by atoms with van der Waals surface area (Å²) < 4.78 is 31.0. The molecular formula is C18H21ClN2O4S. The van der Waals surface area contributed by atoms with Gasteiger partial charge >= 0.3 is 0 Å². The van der Waals surface area contributed by atoms with E-state index in [0.29, 0.717) is 16.5 Å². The lowest BCUT2D eigenvalue weighted by Gasteiger charge is -2.29. The first-order valence-electron chi connectivity index (χ1n) is 7.84. The third kappa shape index (κ3) is 4.68. The molecule has 0 bridgehead atoms. The van der Waals surface area contributed by atoms with Crippen molar-refractivity contribution in [1.82, 2.24) is 0 Å². The summed E-state index contributed by atoms with van der Waals surface area (Å²) in [6, 6.07) is 10.8. The van der Waals surface area contributed by atoms with Gasteiger partial charge in [0.2, 0.25) is 15.9 Å². The molecule has 0 heterocycles. The van der Waals surface area contributed by atoms with Crippen molar-refractivity contribution in [1.29, 1.82) is 0 Å². The number of carbonyl (C=O) groups is 1. The number of halogens is 1. The molecule has 0 aliphatic heterocycles. The average Bonchev–Trinajstić information content (AvgIpc) is 2.56. The summed E-state index contributed by atoms with van der Waals surface area (Å²) in [6.45, 7) is 3.44. The standard InChI is InChI=1S/C18H21ClN2O4S/c1-12-5-8-15(9-6-12)20-18(22)13(2)21(26(4,23)24)16-11-14(19)7-10-17(16)25-3/h5-11,13H,1-4H3,(H,20,22). The first kappa shape index (κ1) is 20.1. The Bertz CT molecular complexity index is 898. The molecule has 8 heteroatoms. The van der Waals surface area contributed by atoms with Gasteiger partial charge < -0.3 is 10.1 Å². The molecule has 2 aromatic rings. The van der Waals surface area contributed by atoms with Crippen molar-refractivity contribution in [2.24, 2.45) is 0 Å². The highest BCUT2D eigenvalue weighted by molar-refractivity contribution is 7.92. The van der Waals surface area contributed by atoms with Crippen molar-refractivity contribution in [2.75, 3.05) is 23.0 Å². The number of benzene rings is 2. The number of carbonyl (C=O) groups excluding carboxylic acids is 1. The number of rotatable bonds is 6. The van der Waals surface area contributed by atoms with Gasteiger partial charge in [-0.15, -0.1) is 0 Å². The van der Waals surface area contributed by atoms with Crippen LogP contribution >= 0.6 is 11.6 Å². The summed E-state index contributed by atoms with van der Waals surface area (Å²) >= 11 is 6.02. The number of hydrogen-bond donors (Lipinski definition) is 1. The minimum Gasteiger partial charge on any atom is -0.495 e. The number of nitrogens with one attached hydrogen (secondary N) is 1. The highest BCUT2D eigenvalue weighted by Gasteiger charge is 2.31. The van der Waals surface area contributed by atoms with Crippen molar-refractivity contribution in [3.05, 3.63) is 53.1 Å². The Morgan fingerprint density at radius 1 is 1.19 bits per heavy atom. The van der Waals surface area contributed by atoms with Crippen LogP contribution in [0.1, 0.15) is 12.5 Å². The smallest absolute Gasteiger partial charge is 0.247 e. The third-order valence-electron chi connectivity index (χ3n) is 3.79. The van der Waals surface area contributed by atoms with Crippen LogP contribution in [-0.4, -0.2) is 33.7 Å². The number of nitrogens with zero attached hydrogens (tertiary/aromatic N) is 1. The summed E-state index contributed by atoms with van der Waals surface area (Å²) in [6.07, 6.45) is 1.03. The minimum absolute atomic E-state index is 0.203. The highest BCUT2D eigenvalue weighted by atomic mass is 35.5. The number of hydrogen-bond acceptors (Lipinski definition) is 4. The quantitative estimate of drug-likeness (QED) is 0.811. The lowest BCUT2D eigenvalue weighted by atomic mass is 10.2. The number of amides is 1. The predicted octanol–water partition coefficient (Wildman–Crippen LogP) is 3.45. The van der Waals surface area contributed by atoms with E-state index in [0.717, 1.165) is 16.1 Å². The zero-order valence-corrected chi connectivity index (χ0v) is 16.6. The Labute approximate surface area is 158 Å². The number of ether oxygens (including phenoxy) is 1. The normalized spacial score (nSPS) is 12.3. The van der Waals surface area contributed by atoms with Crippen LogP contribution in [0.4, 0.5) is 11.4 Å². The molecule has 0 radical (unpaired) electrons. The zero-order chi connectivity index (χ0) is 19.5. The SMILES string of the molecule is COc1ccc(Cl)cc1N(C(C)C(=O)Nc1ccc(C)cc1)S(C)(=O)=O. The van der Waals surface area contributed by atoms with Gasteiger partial charge in [0, 0.05) is 10.7 Å². The molecule has 2 aromatic carbocycles. The topological polar surface area (TPSA) is 75.7 Å². The van der Waals surface area contributed by atoms with Crippen LogP contribution in [0, 0.1) is 6.92 Å². The van der Waals surface area contributed by atoms with Crippen LogP contribution in [0.2, 0.25) is 5.02 Å². The molecule has 0 saturated heterocycles. The van der Waals surface area contributed by atoms with E-state index in [1.807, 2.05) is 19.1 Å². The van der Waals surface area contributed by atoms with E-state index >= 15 is 0 Å². The van der Waals surface area contributed by atoms with Crippen molar-refractivity contribution < 1.29 is 17.9 Å². The summed E-state index contributed by atoms with van der Waals surface area (Å²) in [5, 5.41) is 3.06. The Balaban J connectivity index is 2.39. The van der Waals surface area contributed by atoms with Crippen LogP contribution in [0.5, 0.6) is 5.75 Å². The van der Waals surface area contributed by atoms with Gasteiger partial charge in [0.1, 0.15) is 11.8 Å². The van der Waals surface area contributed by atoms with Gasteiger partial charge in [-0.1, -0.05) is 29.3 Å². The van der Waals surface area contributed by atoms with E-state index in [2.05, 4.69) is 5.32 Å². The lowest BCUT2D eigenvalue weighted by molar-refractivity contribution is -0.116. The molecule has 1 N–H and O–H groups in total. The fourth-order valence-corrected chi connectivity index (χ4v) is 3.84. The van der Waals surface area contributed by atoms with Gasteiger partial charge in [0.15, 0.2) is 0 Å². The highest BCUT2D eigenvalue weighted by Crippen LogP contribution is 2.34. The van der Waals surface area contributed by atoms with Gasteiger partial charge in [0.25, 0.3) is 0 Å². The summed E-state index contributed by atoms with van der Waals surface area (Å²) in [4.78, 5) is 12.7. The molecule has 0 aromatic heterocycles. The van der Waals surface area contributed by atoms with Gasteiger partial charge in [-0.05, 0) is 44.2 Å². The molecule has 0 fully saturated rings. The molecule has 0 aliphatic carbocycles. The maximum Gasteiger partial charge on any atom is 0.247 e. The van der Waals surface area contributed by atoms with Crippen molar-refractivity contribution in [2.45, 2.75) is 19.9 Å². The second kappa shape index (κ2) is 7.97.